The Balaban J connectivity index is 2.08. The second-order valence-corrected chi connectivity index (χ2v) is 5.97. The molecule has 4 heteroatoms. The third-order valence-electron chi connectivity index (χ3n) is 2.79. The number of hydrogen-bond acceptors (Lipinski definition) is 3. The minimum atomic E-state index is 0.574. The highest BCUT2D eigenvalue weighted by atomic mass is 35.5. The summed E-state index contributed by atoms with van der Waals surface area (Å²) < 4.78 is 5.82. The molecule has 0 atom stereocenters. The lowest BCUT2D eigenvalue weighted by Crippen LogP contribution is -1.97. The third kappa shape index (κ3) is 3.05. The predicted octanol–water partition coefficient (Wildman–Crippen LogP) is 4.06. The van der Waals surface area contributed by atoms with E-state index in [9.17, 15) is 0 Å². The molecule has 0 radical (unpaired) electrons. The van der Waals surface area contributed by atoms with Gasteiger partial charge >= 0.3 is 0 Å². The molecule has 2 nitrogen and oxygen atoms in total. The van der Waals surface area contributed by atoms with Crippen LogP contribution in [0, 0.1) is 13.8 Å². The van der Waals surface area contributed by atoms with Gasteiger partial charge in [-0.05, 0) is 43.7 Å². The van der Waals surface area contributed by atoms with E-state index in [0.717, 1.165) is 16.3 Å². The SMILES string of the molecule is Cc1cc(Cl)ccc1OCc1cc(CN)sc1C. The van der Waals surface area contributed by atoms with Gasteiger partial charge in [0.25, 0.3) is 0 Å². The topological polar surface area (TPSA) is 35.2 Å². The van der Waals surface area contributed by atoms with Crippen molar-refractivity contribution in [2.24, 2.45) is 5.73 Å². The maximum absolute atomic E-state index is 5.91. The van der Waals surface area contributed by atoms with Crippen molar-refractivity contribution in [3.8, 4) is 5.75 Å². The van der Waals surface area contributed by atoms with E-state index in [1.165, 1.54) is 15.3 Å². The van der Waals surface area contributed by atoms with Crippen molar-refractivity contribution in [1.29, 1.82) is 0 Å². The fraction of sp³-hybridized carbons (Fsp3) is 0.286. The number of nitrogens with two attached hydrogens (primary N) is 1. The molecule has 0 unspecified atom stereocenters. The molecule has 0 aliphatic heterocycles. The van der Waals surface area contributed by atoms with Crippen LogP contribution < -0.4 is 10.5 Å². The summed E-state index contributed by atoms with van der Waals surface area (Å²) in [5.41, 5.74) is 7.89. The lowest BCUT2D eigenvalue weighted by Gasteiger charge is -2.09. The van der Waals surface area contributed by atoms with E-state index in [0.29, 0.717) is 13.2 Å². The molecule has 2 N–H and O–H groups in total. The molecule has 0 aliphatic rings. The van der Waals surface area contributed by atoms with Crippen LogP contribution in [0.3, 0.4) is 0 Å². The van der Waals surface area contributed by atoms with Gasteiger partial charge in [-0.2, -0.15) is 0 Å². The Morgan fingerprint density at radius 2 is 2.06 bits per heavy atom. The molecule has 0 saturated heterocycles. The van der Waals surface area contributed by atoms with Crippen LogP contribution in [0.1, 0.15) is 20.9 Å². The van der Waals surface area contributed by atoms with Crippen LogP contribution in [0.25, 0.3) is 0 Å². The molecular weight excluding hydrogens is 266 g/mol. The second-order valence-electron chi connectivity index (χ2n) is 4.20. The molecule has 2 rings (SSSR count). The van der Waals surface area contributed by atoms with Crippen molar-refractivity contribution >= 4 is 22.9 Å². The van der Waals surface area contributed by atoms with Crippen molar-refractivity contribution in [3.63, 3.8) is 0 Å². The summed E-state index contributed by atoms with van der Waals surface area (Å²) in [6, 6.07) is 7.77. The van der Waals surface area contributed by atoms with E-state index in [-0.39, 0.29) is 0 Å². The highest BCUT2D eigenvalue weighted by Gasteiger charge is 2.06. The van der Waals surface area contributed by atoms with Crippen LogP contribution in [-0.4, -0.2) is 0 Å². The largest absolute Gasteiger partial charge is 0.489 e. The summed E-state index contributed by atoms with van der Waals surface area (Å²) in [6.07, 6.45) is 0. The Kier molecular flexibility index (Phi) is 4.27. The second kappa shape index (κ2) is 5.74. The first kappa shape index (κ1) is 13.4. The summed E-state index contributed by atoms with van der Waals surface area (Å²) in [5.74, 6) is 0.874. The van der Waals surface area contributed by atoms with Gasteiger partial charge in [-0.15, -0.1) is 11.3 Å². The van der Waals surface area contributed by atoms with Gasteiger partial charge in [0.05, 0.1) is 0 Å². The average Bonchev–Trinajstić information content (AvgIpc) is 2.69. The highest BCUT2D eigenvalue weighted by molar-refractivity contribution is 7.12. The number of thiophene rings is 1. The highest BCUT2D eigenvalue weighted by Crippen LogP contribution is 2.25. The molecule has 1 aromatic heterocycles. The normalized spacial score (nSPS) is 10.7. The lowest BCUT2D eigenvalue weighted by atomic mass is 10.2. The molecule has 96 valence electrons. The molecule has 1 heterocycles. The number of rotatable bonds is 4. The van der Waals surface area contributed by atoms with Gasteiger partial charge in [-0.25, -0.2) is 0 Å². The van der Waals surface area contributed by atoms with E-state index in [2.05, 4.69) is 13.0 Å². The number of benzene rings is 1. The number of aryl methyl sites for hydroxylation is 2. The van der Waals surface area contributed by atoms with Crippen LogP contribution >= 0.6 is 22.9 Å². The van der Waals surface area contributed by atoms with Crippen LogP contribution in [0.4, 0.5) is 0 Å². The Bertz CT molecular complexity index is 551. The summed E-state index contributed by atoms with van der Waals surface area (Å²) in [6.45, 7) is 5.25. The molecule has 0 fully saturated rings. The monoisotopic (exact) mass is 281 g/mol. The van der Waals surface area contributed by atoms with E-state index < -0.39 is 0 Å². The van der Waals surface area contributed by atoms with Crippen molar-refractivity contribution < 1.29 is 4.74 Å². The van der Waals surface area contributed by atoms with Gasteiger partial charge in [-0.3, -0.25) is 0 Å². The fourth-order valence-electron chi connectivity index (χ4n) is 1.76. The Morgan fingerprint density at radius 3 is 2.67 bits per heavy atom. The van der Waals surface area contributed by atoms with Crippen LogP contribution in [-0.2, 0) is 13.2 Å². The molecule has 0 amide bonds. The maximum Gasteiger partial charge on any atom is 0.122 e. The molecule has 0 spiro atoms. The summed E-state index contributed by atoms with van der Waals surface area (Å²) in [5, 5.41) is 0.733. The van der Waals surface area contributed by atoms with Gasteiger partial charge < -0.3 is 10.5 Å². The van der Waals surface area contributed by atoms with Crippen molar-refractivity contribution in [1.82, 2.24) is 0 Å². The zero-order valence-corrected chi connectivity index (χ0v) is 12.1. The molecule has 1 aromatic carbocycles. The molecule has 0 aliphatic carbocycles. The van der Waals surface area contributed by atoms with E-state index in [1.54, 1.807) is 11.3 Å². The van der Waals surface area contributed by atoms with Crippen LogP contribution in [0.2, 0.25) is 5.02 Å². The summed E-state index contributed by atoms with van der Waals surface area (Å²) in [4.78, 5) is 2.46. The minimum Gasteiger partial charge on any atom is -0.489 e. The van der Waals surface area contributed by atoms with Gasteiger partial charge in [0.1, 0.15) is 12.4 Å². The van der Waals surface area contributed by atoms with Gasteiger partial charge in [0.15, 0.2) is 0 Å². The van der Waals surface area contributed by atoms with Gasteiger partial charge in [0, 0.05) is 26.9 Å². The Hall–Kier alpha value is -1.03. The van der Waals surface area contributed by atoms with Gasteiger partial charge in [0.2, 0.25) is 0 Å². The first-order valence-electron chi connectivity index (χ1n) is 5.77. The van der Waals surface area contributed by atoms with Crippen molar-refractivity contribution in [2.75, 3.05) is 0 Å². The average molecular weight is 282 g/mol. The van der Waals surface area contributed by atoms with Crippen LogP contribution in [0.5, 0.6) is 5.75 Å². The predicted molar refractivity (Wildman–Crippen MR) is 77.5 cm³/mol. The quantitative estimate of drug-likeness (QED) is 0.917. The number of ether oxygens (including phenoxy) is 1. The van der Waals surface area contributed by atoms with Crippen LogP contribution in [0.15, 0.2) is 24.3 Å². The molecule has 0 saturated carbocycles. The molecule has 0 bridgehead atoms. The first-order chi connectivity index (χ1) is 8.60. The van der Waals surface area contributed by atoms with E-state index in [1.807, 2.05) is 25.1 Å². The number of halogens is 1. The van der Waals surface area contributed by atoms with E-state index >= 15 is 0 Å². The minimum absolute atomic E-state index is 0.574. The van der Waals surface area contributed by atoms with Crippen molar-refractivity contribution in [3.05, 3.63) is 50.2 Å². The summed E-state index contributed by atoms with van der Waals surface area (Å²) in [7, 11) is 0. The van der Waals surface area contributed by atoms with Gasteiger partial charge in [-0.1, -0.05) is 11.6 Å². The standard InChI is InChI=1S/C14H16ClNOS/c1-9-5-12(15)3-4-14(9)17-8-11-6-13(7-16)18-10(11)2/h3-6H,7-8,16H2,1-2H3. The Morgan fingerprint density at radius 1 is 1.28 bits per heavy atom. The fourth-order valence-corrected chi connectivity index (χ4v) is 2.92. The number of hydrogen-bond donors (Lipinski definition) is 1. The van der Waals surface area contributed by atoms with Crippen molar-refractivity contribution in [2.45, 2.75) is 27.0 Å². The third-order valence-corrected chi connectivity index (χ3v) is 4.14. The molecule has 18 heavy (non-hydrogen) atoms. The smallest absolute Gasteiger partial charge is 0.122 e. The van der Waals surface area contributed by atoms with E-state index in [4.69, 9.17) is 22.1 Å². The lowest BCUT2D eigenvalue weighted by molar-refractivity contribution is 0.304. The summed E-state index contributed by atoms with van der Waals surface area (Å²) >= 11 is 7.64. The molecule has 2 aromatic rings. The molecular formula is C14H16ClNOS. The maximum atomic E-state index is 5.91. The first-order valence-corrected chi connectivity index (χ1v) is 6.97. The zero-order valence-electron chi connectivity index (χ0n) is 10.5. The zero-order chi connectivity index (χ0) is 13.1. The Labute approximate surface area is 116 Å².